The number of nitrogens with two attached hydrogens (primary N) is 1. The molecule has 31 heavy (non-hydrogen) atoms. The van der Waals surface area contributed by atoms with Crippen LogP contribution in [-0.2, 0) is 4.79 Å². The van der Waals surface area contributed by atoms with Gasteiger partial charge < -0.3 is 10.6 Å². The third-order valence-electron chi connectivity index (χ3n) is 5.24. The number of fused-ring (bicyclic) bond motifs is 1. The Bertz CT molecular complexity index is 1030. The molecule has 1 aliphatic rings. The summed E-state index contributed by atoms with van der Waals surface area (Å²) in [5, 5.41) is 0. The van der Waals surface area contributed by atoms with E-state index in [0.29, 0.717) is 42.2 Å². The van der Waals surface area contributed by atoms with Crippen LogP contribution >= 0.6 is 0 Å². The van der Waals surface area contributed by atoms with Crippen LogP contribution in [0.4, 0.5) is 10.1 Å². The average Bonchev–Trinajstić information content (AvgIpc) is 2.93. The Kier molecular flexibility index (Phi) is 7.34. The molecule has 5 nitrogen and oxygen atoms in total. The molecule has 0 saturated heterocycles. The van der Waals surface area contributed by atoms with Crippen molar-refractivity contribution in [3.05, 3.63) is 59.2 Å². The number of nitrogens with zero attached hydrogens (tertiary/aromatic N) is 2. The number of carbonyl (C=O) groups is 2. The van der Waals surface area contributed by atoms with Crippen LogP contribution in [0.15, 0.2) is 53.0 Å². The Morgan fingerprint density at radius 3 is 2.45 bits per heavy atom. The number of alkyl halides is 1. The summed E-state index contributed by atoms with van der Waals surface area (Å²) in [5.74, 6) is 0.270. The fourth-order valence-electron chi connectivity index (χ4n) is 3.64. The number of aliphatic imine (C=N–C) groups is 1. The molecule has 0 saturated carbocycles. The highest BCUT2D eigenvalue weighted by molar-refractivity contribution is 6.05. The van der Waals surface area contributed by atoms with E-state index in [0.717, 1.165) is 23.1 Å². The predicted molar refractivity (Wildman–Crippen MR) is 123 cm³/mol. The fraction of sp³-hybridized carbons (Fsp3) is 0.320. The van der Waals surface area contributed by atoms with Crippen molar-refractivity contribution in [3.63, 3.8) is 0 Å². The van der Waals surface area contributed by atoms with Gasteiger partial charge in [0, 0.05) is 36.2 Å². The molecule has 1 aliphatic heterocycles. The molecule has 0 bridgehead atoms. The van der Waals surface area contributed by atoms with Gasteiger partial charge in [-0.2, -0.15) is 0 Å². The van der Waals surface area contributed by atoms with Crippen LogP contribution in [0.5, 0.6) is 0 Å². The molecule has 0 spiro atoms. The lowest BCUT2D eigenvalue weighted by atomic mass is 9.99. The summed E-state index contributed by atoms with van der Waals surface area (Å²) >= 11 is 0. The van der Waals surface area contributed by atoms with E-state index in [1.165, 1.54) is 0 Å². The highest BCUT2D eigenvalue weighted by atomic mass is 19.1. The van der Waals surface area contributed by atoms with Crippen molar-refractivity contribution < 1.29 is 14.0 Å². The van der Waals surface area contributed by atoms with Crippen molar-refractivity contribution in [2.24, 2.45) is 10.7 Å². The average molecular weight is 422 g/mol. The first kappa shape index (κ1) is 22.4. The Hall–Kier alpha value is -3.28. The highest BCUT2D eigenvalue weighted by Crippen LogP contribution is 2.32. The van der Waals surface area contributed by atoms with Gasteiger partial charge in [-0.1, -0.05) is 43.3 Å². The largest absolute Gasteiger partial charge is 0.387 e. The molecule has 0 fully saturated rings. The number of ketones is 1. The van der Waals surface area contributed by atoms with Crippen LogP contribution in [0.25, 0.3) is 17.2 Å². The second-order valence-corrected chi connectivity index (χ2v) is 7.69. The molecule has 2 aromatic carbocycles. The molecule has 0 atom stereocenters. The van der Waals surface area contributed by atoms with E-state index in [-0.39, 0.29) is 18.1 Å². The van der Waals surface area contributed by atoms with E-state index < -0.39 is 6.67 Å². The van der Waals surface area contributed by atoms with E-state index in [1.54, 1.807) is 24.0 Å². The number of amidine groups is 1. The summed E-state index contributed by atoms with van der Waals surface area (Å²) in [6, 6.07) is 13.2. The van der Waals surface area contributed by atoms with Gasteiger partial charge in [0.05, 0.1) is 12.4 Å². The molecule has 2 N–H and O–H groups in total. The number of hydrogen-bond donors (Lipinski definition) is 1. The van der Waals surface area contributed by atoms with Gasteiger partial charge in [-0.05, 0) is 43.0 Å². The molecular weight excluding hydrogens is 393 g/mol. The number of benzene rings is 2. The van der Waals surface area contributed by atoms with Crippen molar-refractivity contribution in [1.29, 1.82) is 0 Å². The van der Waals surface area contributed by atoms with Crippen LogP contribution < -0.4 is 5.73 Å². The molecule has 0 aromatic heterocycles. The third kappa shape index (κ3) is 5.45. The molecule has 0 unspecified atom stereocenters. The van der Waals surface area contributed by atoms with Crippen molar-refractivity contribution in [2.75, 3.05) is 19.8 Å². The zero-order valence-electron chi connectivity index (χ0n) is 18.0. The monoisotopic (exact) mass is 421 g/mol. The molecule has 6 heteroatoms. The molecule has 162 valence electrons. The first-order valence-electron chi connectivity index (χ1n) is 10.6. The minimum atomic E-state index is -0.449. The molecule has 0 radical (unpaired) electrons. The lowest BCUT2D eigenvalue weighted by Crippen LogP contribution is -2.35. The number of amides is 1. The van der Waals surface area contributed by atoms with Gasteiger partial charge in [0.2, 0.25) is 5.91 Å². The molecule has 3 rings (SSSR count). The lowest BCUT2D eigenvalue weighted by Gasteiger charge is -2.23. The first-order chi connectivity index (χ1) is 14.9. The van der Waals surface area contributed by atoms with E-state index in [9.17, 15) is 14.0 Å². The Balaban J connectivity index is 1.92. The van der Waals surface area contributed by atoms with Crippen molar-refractivity contribution in [1.82, 2.24) is 4.90 Å². The summed E-state index contributed by atoms with van der Waals surface area (Å²) in [5.41, 5.74) is 10.8. The summed E-state index contributed by atoms with van der Waals surface area (Å²) < 4.78 is 12.7. The minimum Gasteiger partial charge on any atom is -0.387 e. The maximum absolute atomic E-state index is 13.1. The Labute approximate surface area is 182 Å². The Morgan fingerprint density at radius 2 is 1.81 bits per heavy atom. The second-order valence-electron chi connectivity index (χ2n) is 7.69. The summed E-state index contributed by atoms with van der Waals surface area (Å²) in [6.07, 6.45) is 3.22. The normalized spacial score (nSPS) is 13.0. The van der Waals surface area contributed by atoms with Crippen LogP contribution in [-0.4, -0.2) is 42.2 Å². The number of hydrogen-bond acceptors (Lipinski definition) is 4. The van der Waals surface area contributed by atoms with Crippen LogP contribution in [0.3, 0.4) is 0 Å². The summed E-state index contributed by atoms with van der Waals surface area (Å²) in [4.78, 5) is 30.8. The van der Waals surface area contributed by atoms with Gasteiger partial charge in [-0.25, -0.2) is 4.99 Å². The Morgan fingerprint density at radius 1 is 1.10 bits per heavy atom. The van der Waals surface area contributed by atoms with Crippen molar-refractivity contribution in [2.45, 2.75) is 33.1 Å². The minimum absolute atomic E-state index is 0.0248. The van der Waals surface area contributed by atoms with E-state index in [4.69, 9.17) is 5.73 Å². The molecule has 2 aromatic rings. The second kappa shape index (κ2) is 10.2. The number of carbonyl (C=O) groups excluding carboxylic acids is 2. The van der Waals surface area contributed by atoms with Crippen LogP contribution in [0, 0.1) is 0 Å². The van der Waals surface area contributed by atoms with Crippen molar-refractivity contribution in [3.8, 4) is 11.1 Å². The number of halogens is 1. The molecule has 1 heterocycles. The smallest absolute Gasteiger partial charge is 0.250 e. The summed E-state index contributed by atoms with van der Waals surface area (Å²) in [7, 11) is 0. The van der Waals surface area contributed by atoms with Crippen molar-refractivity contribution >= 4 is 29.3 Å². The van der Waals surface area contributed by atoms with Crippen LogP contribution in [0.1, 0.15) is 49.0 Å². The standard InChI is InChI=1S/C25H28FN3O2/c1-3-12-29(13-4-11-26)25(31)22-14-21-10-9-20(15-23(21)28-24(27)16-22)19-7-5-18(6-8-19)17(2)30/h5-10,14-15H,3-4,11-13,16H2,1-2H3,(H2,27,28). The quantitative estimate of drug-likeness (QED) is 0.614. The van der Waals surface area contributed by atoms with Gasteiger partial charge in [0.25, 0.3) is 0 Å². The van der Waals surface area contributed by atoms with Gasteiger partial charge in [0.1, 0.15) is 5.84 Å². The zero-order valence-corrected chi connectivity index (χ0v) is 18.0. The number of rotatable bonds is 8. The first-order valence-corrected chi connectivity index (χ1v) is 10.6. The maximum atomic E-state index is 13.1. The van der Waals surface area contributed by atoms with Gasteiger partial charge in [-0.15, -0.1) is 0 Å². The summed E-state index contributed by atoms with van der Waals surface area (Å²) in [6.45, 7) is 4.05. The maximum Gasteiger partial charge on any atom is 0.250 e. The van der Waals surface area contributed by atoms with Crippen LogP contribution in [0.2, 0.25) is 0 Å². The van der Waals surface area contributed by atoms with Gasteiger partial charge in [0.15, 0.2) is 5.78 Å². The third-order valence-corrected chi connectivity index (χ3v) is 5.24. The van der Waals surface area contributed by atoms with Gasteiger partial charge in [-0.3, -0.25) is 14.0 Å². The SMILES string of the molecule is CCCN(CCCF)C(=O)C1=Cc2ccc(-c3ccc(C(C)=O)cc3)cc2N=C(N)C1. The zero-order chi connectivity index (χ0) is 22.4. The van der Waals surface area contributed by atoms with E-state index >= 15 is 0 Å². The van der Waals surface area contributed by atoms with E-state index in [1.807, 2.05) is 43.3 Å². The van der Waals surface area contributed by atoms with Gasteiger partial charge >= 0.3 is 0 Å². The number of Topliss-reactive ketones (excluding diaryl/α,β-unsaturated/α-hetero) is 1. The topological polar surface area (TPSA) is 75.8 Å². The predicted octanol–water partition coefficient (Wildman–Crippen LogP) is 4.93. The molecule has 0 aliphatic carbocycles. The fourth-order valence-corrected chi connectivity index (χ4v) is 3.64. The molecule has 1 amide bonds. The molecular formula is C25H28FN3O2. The highest BCUT2D eigenvalue weighted by Gasteiger charge is 2.21. The van der Waals surface area contributed by atoms with E-state index in [2.05, 4.69) is 4.99 Å². The lowest BCUT2D eigenvalue weighted by molar-refractivity contribution is -0.127.